The van der Waals surface area contributed by atoms with Crippen molar-refractivity contribution >= 4 is 11.6 Å². The summed E-state index contributed by atoms with van der Waals surface area (Å²) < 4.78 is 10.1. The first kappa shape index (κ1) is 15.8. The summed E-state index contributed by atoms with van der Waals surface area (Å²) >= 11 is 0. The van der Waals surface area contributed by atoms with Gasteiger partial charge in [0.25, 0.3) is 5.91 Å². The molecule has 6 heteroatoms. The standard InChI is InChI=1S/C14H19N3O3/c1-19-9-8-17(7-3-6-15)14(18)12-10-11(20-2)4-5-13(12)16/h4-5,10H,3,7-9,16H2,1-2H3. The van der Waals surface area contributed by atoms with Gasteiger partial charge in [0.2, 0.25) is 0 Å². The lowest BCUT2D eigenvalue weighted by Crippen LogP contribution is -2.35. The topological polar surface area (TPSA) is 88.6 Å². The number of carbonyl (C=O) groups excluding carboxylic acids is 1. The smallest absolute Gasteiger partial charge is 0.256 e. The molecule has 20 heavy (non-hydrogen) atoms. The van der Waals surface area contributed by atoms with E-state index in [1.165, 1.54) is 7.11 Å². The molecule has 0 unspecified atom stereocenters. The summed E-state index contributed by atoms with van der Waals surface area (Å²) in [5.41, 5.74) is 6.60. The van der Waals surface area contributed by atoms with Crippen molar-refractivity contribution in [3.05, 3.63) is 23.8 Å². The molecule has 2 N–H and O–H groups in total. The van der Waals surface area contributed by atoms with Gasteiger partial charge in [0.1, 0.15) is 5.75 Å². The largest absolute Gasteiger partial charge is 0.497 e. The van der Waals surface area contributed by atoms with Gasteiger partial charge in [-0.15, -0.1) is 0 Å². The summed E-state index contributed by atoms with van der Waals surface area (Å²) in [7, 11) is 3.09. The Kier molecular flexibility index (Phi) is 6.33. The molecule has 1 aromatic carbocycles. The Morgan fingerprint density at radius 3 is 2.75 bits per heavy atom. The Bertz CT molecular complexity index is 497. The van der Waals surface area contributed by atoms with E-state index in [0.717, 1.165) is 0 Å². The van der Waals surface area contributed by atoms with Gasteiger partial charge >= 0.3 is 0 Å². The maximum absolute atomic E-state index is 12.5. The zero-order chi connectivity index (χ0) is 15.0. The van der Waals surface area contributed by atoms with Crippen LogP contribution in [0.5, 0.6) is 5.75 Å². The molecule has 6 nitrogen and oxygen atoms in total. The Balaban J connectivity index is 2.95. The summed E-state index contributed by atoms with van der Waals surface area (Å²) in [6.07, 6.45) is 0.263. The second kappa shape index (κ2) is 8.02. The van der Waals surface area contributed by atoms with Crippen LogP contribution in [0.2, 0.25) is 0 Å². The summed E-state index contributed by atoms with van der Waals surface area (Å²) in [6.45, 7) is 1.16. The van der Waals surface area contributed by atoms with E-state index in [1.54, 1.807) is 30.2 Å². The zero-order valence-corrected chi connectivity index (χ0v) is 11.8. The molecule has 1 rings (SSSR count). The molecule has 0 saturated heterocycles. The molecule has 0 fully saturated rings. The van der Waals surface area contributed by atoms with Gasteiger partial charge in [0.05, 0.1) is 31.8 Å². The summed E-state index contributed by atoms with van der Waals surface area (Å²) in [6, 6.07) is 6.95. The minimum atomic E-state index is -0.228. The molecule has 0 heterocycles. The number of nitriles is 1. The van der Waals surface area contributed by atoms with Crippen molar-refractivity contribution in [1.82, 2.24) is 4.90 Å². The number of anilines is 1. The predicted molar refractivity (Wildman–Crippen MR) is 75.4 cm³/mol. The van der Waals surface area contributed by atoms with E-state index >= 15 is 0 Å². The van der Waals surface area contributed by atoms with Crippen LogP contribution < -0.4 is 10.5 Å². The van der Waals surface area contributed by atoms with E-state index in [4.69, 9.17) is 20.5 Å². The summed E-state index contributed by atoms with van der Waals surface area (Å²) in [5, 5.41) is 8.67. The highest BCUT2D eigenvalue weighted by Gasteiger charge is 2.18. The number of nitrogens with two attached hydrogens (primary N) is 1. The van der Waals surface area contributed by atoms with Crippen LogP contribution in [0.3, 0.4) is 0 Å². The average Bonchev–Trinajstić information content (AvgIpc) is 2.47. The van der Waals surface area contributed by atoms with Crippen LogP contribution in [0.15, 0.2) is 18.2 Å². The van der Waals surface area contributed by atoms with Crippen molar-refractivity contribution in [3.63, 3.8) is 0 Å². The van der Waals surface area contributed by atoms with Crippen LogP contribution in [0.4, 0.5) is 5.69 Å². The second-order valence-corrected chi connectivity index (χ2v) is 4.15. The van der Waals surface area contributed by atoms with Gasteiger partial charge in [0.15, 0.2) is 0 Å². The Labute approximate surface area is 118 Å². The van der Waals surface area contributed by atoms with E-state index in [9.17, 15) is 4.79 Å². The highest BCUT2D eigenvalue weighted by atomic mass is 16.5. The van der Waals surface area contributed by atoms with Gasteiger partial charge in [-0.25, -0.2) is 0 Å². The molecule has 0 radical (unpaired) electrons. The van der Waals surface area contributed by atoms with E-state index in [0.29, 0.717) is 36.7 Å². The number of rotatable bonds is 7. The Morgan fingerprint density at radius 2 is 2.15 bits per heavy atom. The van der Waals surface area contributed by atoms with Crippen molar-refractivity contribution in [2.24, 2.45) is 0 Å². The molecule has 0 aliphatic rings. The molecular formula is C14H19N3O3. The van der Waals surface area contributed by atoms with Crippen molar-refractivity contribution in [1.29, 1.82) is 5.26 Å². The minimum absolute atomic E-state index is 0.228. The molecule has 0 aliphatic heterocycles. The normalized spacial score (nSPS) is 9.85. The van der Waals surface area contributed by atoms with E-state index in [-0.39, 0.29) is 12.3 Å². The minimum Gasteiger partial charge on any atom is -0.497 e. The molecule has 0 aliphatic carbocycles. The van der Waals surface area contributed by atoms with Crippen LogP contribution >= 0.6 is 0 Å². The molecule has 0 aromatic heterocycles. The van der Waals surface area contributed by atoms with Gasteiger partial charge in [-0.2, -0.15) is 5.26 Å². The fourth-order valence-electron chi connectivity index (χ4n) is 1.72. The number of nitrogens with zero attached hydrogens (tertiary/aromatic N) is 2. The molecule has 1 aromatic rings. The first-order valence-corrected chi connectivity index (χ1v) is 6.22. The maximum atomic E-state index is 12.5. The lowest BCUT2D eigenvalue weighted by Gasteiger charge is -2.22. The number of methoxy groups -OCH3 is 2. The van der Waals surface area contributed by atoms with Gasteiger partial charge < -0.3 is 20.1 Å². The summed E-state index contributed by atoms with van der Waals surface area (Å²) in [4.78, 5) is 14.0. The highest BCUT2D eigenvalue weighted by Crippen LogP contribution is 2.21. The van der Waals surface area contributed by atoms with E-state index < -0.39 is 0 Å². The Hall–Kier alpha value is -2.26. The monoisotopic (exact) mass is 277 g/mol. The van der Waals surface area contributed by atoms with Gasteiger partial charge in [-0.1, -0.05) is 0 Å². The van der Waals surface area contributed by atoms with Crippen LogP contribution in [-0.4, -0.2) is 44.7 Å². The zero-order valence-electron chi connectivity index (χ0n) is 11.8. The van der Waals surface area contributed by atoms with E-state index in [1.807, 2.05) is 6.07 Å². The predicted octanol–water partition coefficient (Wildman–Crippen LogP) is 1.28. The van der Waals surface area contributed by atoms with Gasteiger partial charge in [-0.05, 0) is 18.2 Å². The van der Waals surface area contributed by atoms with Crippen LogP contribution in [0, 0.1) is 11.3 Å². The number of nitrogen functional groups attached to an aromatic ring is 1. The van der Waals surface area contributed by atoms with Crippen molar-refractivity contribution in [2.45, 2.75) is 6.42 Å². The SMILES string of the molecule is COCCN(CCC#N)C(=O)c1cc(OC)ccc1N. The molecule has 0 spiro atoms. The molecule has 0 saturated carbocycles. The molecule has 1 amide bonds. The van der Waals surface area contributed by atoms with E-state index in [2.05, 4.69) is 0 Å². The fourth-order valence-corrected chi connectivity index (χ4v) is 1.72. The average molecular weight is 277 g/mol. The third-order valence-electron chi connectivity index (χ3n) is 2.84. The number of carbonyl (C=O) groups is 1. The first-order valence-electron chi connectivity index (χ1n) is 6.22. The maximum Gasteiger partial charge on any atom is 0.256 e. The van der Waals surface area contributed by atoms with Gasteiger partial charge in [-0.3, -0.25) is 4.79 Å². The quantitative estimate of drug-likeness (QED) is 0.758. The van der Waals surface area contributed by atoms with Crippen molar-refractivity contribution in [3.8, 4) is 11.8 Å². The van der Waals surface area contributed by atoms with Crippen molar-refractivity contribution in [2.75, 3.05) is 39.6 Å². The fraction of sp³-hybridized carbons (Fsp3) is 0.429. The summed E-state index contributed by atoms with van der Waals surface area (Å²) in [5.74, 6) is 0.336. The number of hydrogen-bond donors (Lipinski definition) is 1. The number of ether oxygens (including phenoxy) is 2. The second-order valence-electron chi connectivity index (χ2n) is 4.15. The lowest BCUT2D eigenvalue weighted by atomic mass is 10.1. The molecular weight excluding hydrogens is 258 g/mol. The van der Waals surface area contributed by atoms with Gasteiger partial charge in [0, 0.05) is 25.9 Å². The molecule has 108 valence electrons. The Morgan fingerprint density at radius 1 is 1.40 bits per heavy atom. The van der Waals surface area contributed by atoms with Crippen LogP contribution in [0.25, 0.3) is 0 Å². The third kappa shape index (κ3) is 4.14. The number of hydrogen-bond acceptors (Lipinski definition) is 5. The first-order chi connectivity index (χ1) is 9.63. The highest BCUT2D eigenvalue weighted by molar-refractivity contribution is 5.99. The third-order valence-corrected chi connectivity index (χ3v) is 2.84. The van der Waals surface area contributed by atoms with Crippen molar-refractivity contribution < 1.29 is 14.3 Å². The van der Waals surface area contributed by atoms with Crippen LogP contribution in [-0.2, 0) is 4.74 Å². The molecule has 0 atom stereocenters. The molecule has 0 bridgehead atoms. The number of benzene rings is 1. The van der Waals surface area contributed by atoms with Crippen LogP contribution in [0.1, 0.15) is 16.8 Å². The lowest BCUT2D eigenvalue weighted by molar-refractivity contribution is 0.0700. The number of amides is 1.